The van der Waals surface area contributed by atoms with Crippen molar-refractivity contribution in [1.82, 2.24) is 0 Å². The summed E-state index contributed by atoms with van der Waals surface area (Å²) in [5.41, 5.74) is 0. The van der Waals surface area contributed by atoms with E-state index < -0.39 is 5.79 Å². The van der Waals surface area contributed by atoms with E-state index in [1.165, 1.54) is 19.3 Å². The minimum Gasteiger partial charge on any atom is -0.352 e. The largest absolute Gasteiger partial charge is 0.352 e. The molecule has 3 fully saturated rings. The molecular weight excluding hydrogens is 232 g/mol. The number of ether oxygens (including phenoxy) is 2. The average molecular weight is 256 g/mol. The third-order valence-corrected chi connectivity index (χ3v) is 5.25. The molecule has 2 aliphatic heterocycles. The summed E-state index contributed by atoms with van der Waals surface area (Å²) >= 11 is 0. The molecule has 3 unspecified atom stereocenters. The molecule has 3 aliphatic rings. The fraction of sp³-hybridized carbons (Fsp3) is 1.00. The fourth-order valence-corrected chi connectivity index (χ4v) is 4.19. The third-order valence-electron chi connectivity index (χ3n) is 5.25. The first kappa shape index (κ1) is 12.9. The molecule has 2 saturated heterocycles. The lowest BCUT2D eigenvalue weighted by Crippen LogP contribution is -2.49. The van der Waals surface area contributed by atoms with Gasteiger partial charge in [-0.1, -0.05) is 13.3 Å². The monoisotopic (exact) mass is 256 g/mol. The van der Waals surface area contributed by atoms with Crippen LogP contribution in [0.25, 0.3) is 0 Å². The maximum Gasteiger partial charge on any atom is 0.201 e. The van der Waals surface area contributed by atoms with E-state index in [1.54, 1.807) is 6.92 Å². The molecule has 0 aromatic rings. The standard InChI is InChI=1S/C14H24O4/c1-9-8-16-13-12-10(4-3-5-11(9)12)6-7-14(2,17-13)18-15/h9-13,15H,3-8H2,1-2H3/t9-,10+,11?,12?,13+,14?/m0/s1. The molecule has 4 heteroatoms. The Morgan fingerprint density at radius 2 is 2.11 bits per heavy atom. The molecule has 1 aliphatic carbocycles. The quantitative estimate of drug-likeness (QED) is 0.578. The lowest BCUT2D eigenvalue weighted by atomic mass is 9.65. The van der Waals surface area contributed by atoms with Gasteiger partial charge in [0.1, 0.15) is 0 Å². The molecule has 104 valence electrons. The van der Waals surface area contributed by atoms with Crippen molar-refractivity contribution in [1.29, 1.82) is 0 Å². The highest BCUT2D eigenvalue weighted by Gasteiger charge is 2.50. The lowest BCUT2D eigenvalue weighted by Gasteiger charge is -2.47. The van der Waals surface area contributed by atoms with Gasteiger partial charge in [-0.25, -0.2) is 10.1 Å². The zero-order chi connectivity index (χ0) is 12.8. The Hall–Kier alpha value is -0.160. The van der Waals surface area contributed by atoms with Crippen molar-refractivity contribution in [3.8, 4) is 0 Å². The number of hydrogen-bond acceptors (Lipinski definition) is 4. The normalized spacial score (nSPS) is 52.5. The van der Waals surface area contributed by atoms with Crippen LogP contribution in [0.15, 0.2) is 0 Å². The second-order valence-electron chi connectivity index (χ2n) is 6.49. The summed E-state index contributed by atoms with van der Waals surface area (Å²) in [5, 5.41) is 9.08. The summed E-state index contributed by atoms with van der Waals surface area (Å²) < 4.78 is 11.8. The zero-order valence-electron chi connectivity index (χ0n) is 11.3. The SMILES string of the molecule is C[C@H]1CO[C@@H]2OC(C)(OO)CC[C@H]3CCCC1C32. The van der Waals surface area contributed by atoms with E-state index in [1.807, 2.05) is 0 Å². The molecule has 18 heavy (non-hydrogen) atoms. The van der Waals surface area contributed by atoms with Crippen molar-refractivity contribution in [2.45, 2.75) is 58.0 Å². The van der Waals surface area contributed by atoms with Gasteiger partial charge in [-0.3, -0.25) is 0 Å². The summed E-state index contributed by atoms with van der Waals surface area (Å²) in [6.07, 6.45) is 5.48. The van der Waals surface area contributed by atoms with Crippen LogP contribution in [0, 0.1) is 23.7 Å². The summed E-state index contributed by atoms with van der Waals surface area (Å²) in [4.78, 5) is 4.58. The van der Waals surface area contributed by atoms with Crippen LogP contribution >= 0.6 is 0 Å². The van der Waals surface area contributed by atoms with Crippen LogP contribution in [0.5, 0.6) is 0 Å². The van der Waals surface area contributed by atoms with Crippen LogP contribution in [-0.2, 0) is 14.4 Å². The van der Waals surface area contributed by atoms with Crippen molar-refractivity contribution in [2.75, 3.05) is 6.61 Å². The van der Waals surface area contributed by atoms with Crippen LogP contribution in [-0.4, -0.2) is 23.9 Å². The van der Waals surface area contributed by atoms with Crippen molar-refractivity contribution < 1.29 is 19.6 Å². The highest BCUT2D eigenvalue weighted by atomic mass is 17.1. The zero-order valence-corrected chi connectivity index (χ0v) is 11.3. The maximum absolute atomic E-state index is 9.08. The van der Waals surface area contributed by atoms with Gasteiger partial charge in [0.2, 0.25) is 5.79 Å². The van der Waals surface area contributed by atoms with Crippen LogP contribution in [0.1, 0.15) is 46.0 Å². The molecule has 0 radical (unpaired) electrons. The van der Waals surface area contributed by atoms with Crippen molar-refractivity contribution in [3.05, 3.63) is 0 Å². The van der Waals surface area contributed by atoms with Gasteiger partial charge < -0.3 is 9.47 Å². The van der Waals surface area contributed by atoms with E-state index in [0.717, 1.165) is 19.4 Å². The molecule has 0 aromatic heterocycles. The minimum absolute atomic E-state index is 0.198. The predicted octanol–water partition coefficient (Wildman–Crippen LogP) is 3.03. The van der Waals surface area contributed by atoms with E-state index >= 15 is 0 Å². The van der Waals surface area contributed by atoms with Crippen LogP contribution in [0.4, 0.5) is 0 Å². The van der Waals surface area contributed by atoms with Gasteiger partial charge in [-0.05, 0) is 43.9 Å². The molecule has 6 atom stereocenters. The van der Waals surface area contributed by atoms with Gasteiger partial charge in [0.05, 0.1) is 6.61 Å². The average Bonchev–Trinajstić information content (AvgIpc) is 2.54. The van der Waals surface area contributed by atoms with Gasteiger partial charge in [0.15, 0.2) is 6.29 Å². The summed E-state index contributed by atoms with van der Waals surface area (Å²) in [5.74, 6) is 1.58. The minimum atomic E-state index is -0.896. The maximum atomic E-state index is 9.08. The van der Waals surface area contributed by atoms with Crippen LogP contribution in [0.3, 0.4) is 0 Å². The van der Waals surface area contributed by atoms with E-state index in [4.69, 9.17) is 14.7 Å². The predicted molar refractivity (Wildman–Crippen MR) is 65.7 cm³/mol. The molecule has 1 N–H and O–H groups in total. The molecule has 0 aromatic carbocycles. The van der Waals surface area contributed by atoms with E-state index in [9.17, 15) is 0 Å². The van der Waals surface area contributed by atoms with E-state index in [2.05, 4.69) is 11.8 Å². The summed E-state index contributed by atoms with van der Waals surface area (Å²) in [7, 11) is 0. The van der Waals surface area contributed by atoms with Crippen LogP contribution < -0.4 is 0 Å². The number of rotatable bonds is 1. The fourth-order valence-electron chi connectivity index (χ4n) is 4.19. The van der Waals surface area contributed by atoms with Gasteiger partial charge in [0.25, 0.3) is 0 Å². The first-order valence-corrected chi connectivity index (χ1v) is 7.25. The molecule has 0 spiro atoms. The third kappa shape index (κ3) is 2.09. The highest BCUT2D eigenvalue weighted by Crippen LogP contribution is 2.50. The van der Waals surface area contributed by atoms with E-state index in [-0.39, 0.29) is 6.29 Å². The van der Waals surface area contributed by atoms with Crippen LogP contribution in [0.2, 0.25) is 0 Å². The first-order valence-electron chi connectivity index (χ1n) is 7.25. The molecular formula is C14H24O4. The van der Waals surface area contributed by atoms with E-state index in [0.29, 0.717) is 23.7 Å². The smallest absolute Gasteiger partial charge is 0.201 e. The van der Waals surface area contributed by atoms with Crippen molar-refractivity contribution >= 4 is 0 Å². The molecule has 0 amide bonds. The molecule has 3 rings (SSSR count). The first-order chi connectivity index (χ1) is 8.63. The molecule has 0 bridgehead atoms. The summed E-state index contributed by atoms with van der Waals surface area (Å²) in [6.45, 7) is 4.86. The van der Waals surface area contributed by atoms with Gasteiger partial charge in [-0.15, -0.1) is 0 Å². The number of hydrogen-bond donors (Lipinski definition) is 1. The van der Waals surface area contributed by atoms with Crippen molar-refractivity contribution in [2.24, 2.45) is 23.7 Å². The Kier molecular flexibility index (Phi) is 3.39. The Balaban J connectivity index is 1.86. The Morgan fingerprint density at radius 3 is 2.89 bits per heavy atom. The van der Waals surface area contributed by atoms with Gasteiger partial charge in [0, 0.05) is 12.3 Å². The molecule has 2 heterocycles. The Morgan fingerprint density at radius 1 is 1.28 bits per heavy atom. The van der Waals surface area contributed by atoms with Gasteiger partial charge in [-0.2, -0.15) is 0 Å². The van der Waals surface area contributed by atoms with Crippen molar-refractivity contribution in [3.63, 3.8) is 0 Å². The molecule has 4 nitrogen and oxygen atoms in total. The topological polar surface area (TPSA) is 47.9 Å². The summed E-state index contributed by atoms with van der Waals surface area (Å²) in [6, 6.07) is 0. The van der Waals surface area contributed by atoms with Gasteiger partial charge >= 0.3 is 0 Å². The second kappa shape index (κ2) is 4.75. The Labute approximate surface area is 109 Å². The molecule has 1 saturated carbocycles. The lowest BCUT2D eigenvalue weighted by molar-refractivity contribution is -0.431. The second-order valence-corrected chi connectivity index (χ2v) is 6.49. The Bertz CT molecular complexity index is 308. The highest BCUT2D eigenvalue weighted by molar-refractivity contribution is 4.92.